The summed E-state index contributed by atoms with van der Waals surface area (Å²) in [5.41, 5.74) is 5.77. The third-order valence-corrected chi connectivity index (χ3v) is 4.23. The van der Waals surface area contributed by atoms with E-state index in [1.54, 1.807) is 7.05 Å². The number of pyridine rings is 1. The largest absolute Gasteiger partial charge is 1.00 e. The fourth-order valence-corrected chi connectivity index (χ4v) is 2.77. The minimum absolute atomic E-state index is 0. The number of nitrogens with zero attached hydrogens (tertiary/aromatic N) is 3. The van der Waals surface area contributed by atoms with Gasteiger partial charge in [0, 0.05) is 29.8 Å². The van der Waals surface area contributed by atoms with Crippen molar-refractivity contribution in [2.24, 2.45) is 0 Å². The van der Waals surface area contributed by atoms with E-state index in [4.69, 9.17) is 0 Å². The quantitative estimate of drug-likeness (QED) is 0.552. The number of hydrogen-bond donors (Lipinski definition) is 1. The van der Waals surface area contributed by atoms with Crippen LogP contribution in [-0.2, 0) is 0 Å². The number of imidazole rings is 1. The molecule has 1 aromatic carbocycles. The summed E-state index contributed by atoms with van der Waals surface area (Å²) in [7, 11) is 1.76. The first kappa shape index (κ1) is 18.7. The predicted octanol–water partition coefficient (Wildman–Crippen LogP) is 2.60. The molecule has 4 aromatic rings. The van der Waals surface area contributed by atoms with Gasteiger partial charge in [0.15, 0.2) is 0 Å². The maximum atomic E-state index is 4.42. The number of rotatable bonds is 2. The van der Waals surface area contributed by atoms with Crippen molar-refractivity contribution in [1.29, 1.82) is 0 Å². The van der Waals surface area contributed by atoms with Crippen LogP contribution >= 0.6 is 0 Å². The van der Waals surface area contributed by atoms with E-state index in [1.165, 1.54) is 46.9 Å². The first-order valence-electron chi connectivity index (χ1n) is 8.41. The molecule has 5 rings (SSSR count). The maximum absolute atomic E-state index is 4.42. The van der Waals surface area contributed by atoms with Crippen molar-refractivity contribution in [2.75, 3.05) is 7.05 Å². The molecular weight excluding hydrogens is 335 g/mol. The predicted molar refractivity (Wildman–Crippen MR) is 100 cm³/mol. The number of nitrogens with one attached hydrogen (secondary N) is 1. The Morgan fingerprint density at radius 1 is 1.08 bits per heavy atom. The van der Waals surface area contributed by atoms with E-state index in [2.05, 4.69) is 52.7 Å². The van der Waals surface area contributed by atoms with Gasteiger partial charge < -0.3 is 19.7 Å². The summed E-state index contributed by atoms with van der Waals surface area (Å²) in [5, 5.41) is 5.35. The van der Waals surface area contributed by atoms with Gasteiger partial charge >= 0.3 is 51.4 Å². The summed E-state index contributed by atoms with van der Waals surface area (Å²) >= 11 is 0. The molecule has 1 aliphatic carbocycles. The number of aromatic amines is 1. The van der Waals surface area contributed by atoms with Gasteiger partial charge in [0.25, 0.3) is 0 Å². The number of hydrogen-bond acceptors (Lipinski definition) is 1. The first-order valence-corrected chi connectivity index (χ1v) is 8.41. The summed E-state index contributed by atoms with van der Waals surface area (Å²) in [5.74, 6) is 0.755. The first-order chi connectivity index (χ1) is 11.7. The van der Waals surface area contributed by atoms with Crippen LogP contribution in [0.1, 0.15) is 24.8 Å². The van der Waals surface area contributed by atoms with Crippen LogP contribution in [0.3, 0.4) is 0 Å². The summed E-state index contributed by atoms with van der Waals surface area (Å²) in [4.78, 5) is 7.67. The molecule has 0 radical (unpaired) electrons. The molecule has 1 aliphatic rings. The Labute approximate surface area is 190 Å². The molecule has 0 atom stereocenters. The molecule has 0 unspecified atom stereocenters. The number of benzene rings is 1. The molecule has 122 valence electrons. The van der Waals surface area contributed by atoms with Gasteiger partial charge in [-0.2, -0.15) is 0 Å². The Morgan fingerprint density at radius 2 is 1.88 bits per heavy atom. The molecule has 1 N–H and O–H groups in total. The zero-order valence-electron chi connectivity index (χ0n) is 15.1. The molecule has 0 spiro atoms. The van der Waals surface area contributed by atoms with Gasteiger partial charge in [-0.25, -0.2) is 0 Å². The molecule has 3 aromatic heterocycles. The Kier molecular flexibility index (Phi) is 6.02. The Hall–Kier alpha value is -1.11. The molecule has 1 fully saturated rings. The van der Waals surface area contributed by atoms with Crippen LogP contribution in [0.4, 0.5) is 5.82 Å². The molecule has 1 saturated carbocycles. The minimum atomic E-state index is 0. The van der Waals surface area contributed by atoms with Crippen molar-refractivity contribution in [3.8, 4) is 11.1 Å². The standard InChI is InChI=1S/C17H15N4.C3H6.K/c1-11-7-15-12(5-6-19-15)8-14(11)13-3-4-17-20-16(18-2)10-21(17)9-13;1-2-3-1;/h3-10,19H,1-2H3;1-3H2;/q-1;;+1. The van der Waals surface area contributed by atoms with E-state index >= 15 is 0 Å². The number of aromatic nitrogens is 3. The SMILES string of the molecule is C1CC1.C[N-]c1cn2cc(-c3cc4cc[nH]c4cc3C)ccc2n1.[K+]. The molecule has 5 heteroatoms. The van der Waals surface area contributed by atoms with Crippen molar-refractivity contribution in [3.63, 3.8) is 0 Å². The average Bonchev–Trinajstić information content (AvgIpc) is 3.31. The summed E-state index contributed by atoms with van der Waals surface area (Å²) in [6.07, 6.45) is 10.5. The van der Waals surface area contributed by atoms with Gasteiger partial charge in [-0.05, 0) is 59.1 Å². The normalized spacial score (nSPS) is 12.4. The zero-order chi connectivity index (χ0) is 16.5. The molecule has 4 nitrogen and oxygen atoms in total. The van der Waals surface area contributed by atoms with Crippen LogP contribution < -0.4 is 51.4 Å². The molecule has 25 heavy (non-hydrogen) atoms. The third-order valence-electron chi connectivity index (χ3n) is 4.23. The maximum Gasteiger partial charge on any atom is 1.00 e. The van der Waals surface area contributed by atoms with Crippen LogP contribution in [0.5, 0.6) is 0 Å². The third kappa shape index (κ3) is 4.18. The van der Waals surface area contributed by atoms with Gasteiger partial charge in [0.05, 0.1) is 0 Å². The van der Waals surface area contributed by atoms with E-state index in [1.807, 2.05) is 22.9 Å². The van der Waals surface area contributed by atoms with Crippen molar-refractivity contribution in [3.05, 3.63) is 59.8 Å². The fraction of sp³-hybridized carbons (Fsp3) is 0.250. The van der Waals surface area contributed by atoms with Gasteiger partial charge in [-0.1, -0.05) is 32.4 Å². The number of aryl methyl sites for hydroxylation is 1. The molecule has 0 bridgehead atoms. The number of fused-ring (bicyclic) bond motifs is 2. The Bertz CT molecular complexity index is 995. The van der Waals surface area contributed by atoms with E-state index in [-0.39, 0.29) is 51.4 Å². The van der Waals surface area contributed by atoms with Crippen molar-refractivity contribution in [2.45, 2.75) is 26.2 Å². The summed E-state index contributed by atoms with van der Waals surface area (Å²) < 4.78 is 2.03. The Morgan fingerprint density at radius 3 is 2.60 bits per heavy atom. The van der Waals surface area contributed by atoms with Crippen LogP contribution in [0.25, 0.3) is 33.0 Å². The van der Waals surface area contributed by atoms with Crippen LogP contribution in [0, 0.1) is 6.92 Å². The summed E-state index contributed by atoms with van der Waals surface area (Å²) in [6.45, 7) is 2.14. The van der Waals surface area contributed by atoms with Crippen molar-refractivity contribution >= 4 is 22.4 Å². The van der Waals surface area contributed by atoms with Gasteiger partial charge in [-0.3, -0.25) is 0 Å². The smallest absolute Gasteiger partial charge is 0.468 e. The van der Waals surface area contributed by atoms with E-state index in [0.717, 1.165) is 11.5 Å². The van der Waals surface area contributed by atoms with Gasteiger partial charge in [-0.15, -0.1) is 0 Å². The molecule has 0 amide bonds. The monoisotopic (exact) mass is 356 g/mol. The second-order valence-corrected chi connectivity index (χ2v) is 6.30. The zero-order valence-corrected chi connectivity index (χ0v) is 18.2. The minimum Gasteiger partial charge on any atom is -0.468 e. The van der Waals surface area contributed by atoms with Crippen molar-refractivity contribution in [1.82, 2.24) is 14.4 Å². The van der Waals surface area contributed by atoms with Crippen LogP contribution in [0.2, 0.25) is 0 Å². The average molecular weight is 357 g/mol. The van der Waals surface area contributed by atoms with Crippen LogP contribution in [0.15, 0.2) is 48.9 Å². The number of H-pyrrole nitrogens is 1. The fourth-order valence-electron chi connectivity index (χ4n) is 2.77. The molecule has 0 aliphatic heterocycles. The molecule has 0 saturated heterocycles. The van der Waals surface area contributed by atoms with Gasteiger partial charge in [0.1, 0.15) is 0 Å². The Balaban J connectivity index is 0.000000414. The molecule has 3 heterocycles. The van der Waals surface area contributed by atoms with E-state index < -0.39 is 0 Å². The van der Waals surface area contributed by atoms with E-state index in [0.29, 0.717) is 0 Å². The van der Waals surface area contributed by atoms with E-state index in [9.17, 15) is 0 Å². The van der Waals surface area contributed by atoms with Crippen LogP contribution in [-0.4, -0.2) is 21.4 Å². The second kappa shape index (κ2) is 8.06. The van der Waals surface area contributed by atoms with Crippen molar-refractivity contribution < 1.29 is 51.4 Å². The molecular formula is C20H21KN4. The topological polar surface area (TPSA) is 47.2 Å². The second-order valence-electron chi connectivity index (χ2n) is 6.30. The summed E-state index contributed by atoms with van der Waals surface area (Å²) in [6, 6.07) is 10.7. The van der Waals surface area contributed by atoms with Gasteiger partial charge in [0.2, 0.25) is 0 Å².